The van der Waals surface area contributed by atoms with E-state index in [1.54, 1.807) is 11.6 Å². The van der Waals surface area contributed by atoms with Crippen LogP contribution in [0.4, 0.5) is 0 Å². The van der Waals surface area contributed by atoms with Crippen molar-refractivity contribution in [1.29, 1.82) is 0 Å². The largest absolute Gasteiger partial charge is 0.391 e. The Morgan fingerprint density at radius 1 is 1.53 bits per heavy atom. The Balaban J connectivity index is 3.06. The number of hydrogen-bond acceptors (Lipinski definition) is 4. The molecule has 5 nitrogen and oxygen atoms in total. The molecule has 1 aromatic rings. The molecule has 1 N–H and O–H groups in total. The van der Waals surface area contributed by atoms with Crippen LogP contribution in [-0.4, -0.2) is 32.5 Å². The zero-order valence-corrected chi connectivity index (χ0v) is 9.34. The fourth-order valence-corrected chi connectivity index (χ4v) is 1.43. The van der Waals surface area contributed by atoms with Crippen LogP contribution in [0.1, 0.15) is 49.4 Å². The van der Waals surface area contributed by atoms with Gasteiger partial charge in [0.2, 0.25) is 0 Å². The monoisotopic (exact) mass is 211 g/mol. The van der Waals surface area contributed by atoms with Crippen LogP contribution in [0.15, 0.2) is 0 Å². The van der Waals surface area contributed by atoms with E-state index in [0.717, 1.165) is 18.5 Å². The lowest BCUT2D eigenvalue weighted by atomic mass is 10.1. The van der Waals surface area contributed by atoms with Gasteiger partial charge in [-0.15, -0.1) is 5.10 Å². The lowest BCUT2D eigenvalue weighted by Gasteiger charge is -2.17. The molecule has 2 unspecified atom stereocenters. The smallest absolute Gasteiger partial charge is 0.172 e. The molecule has 0 aliphatic carbocycles. The zero-order valence-electron chi connectivity index (χ0n) is 9.34. The minimum Gasteiger partial charge on any atom is -0.391 e. The second-order valence-corrected chi connectivity index (χ2v) is 3.72. The van der Waals surface area contributed by atoms with Gasteiger partial charge in [-0.2, -0.15) is 0 Å². The van der Waals surface area contributed by atoms with Gasteiger partial charge in [0.1, 0.15) is 5.69 Å². The first-order chi connectivity index (χ1) is 7.11. The van der Waals surface area contributed by atoms with E-state index in [0.29, 0.717) is 12.0 Å². The number of aromatic nitrogens is 3. The van der Waals surface area contributed by atoms with Crippen molar-refractivity contribution in [3.05, 3.63) is 11.4 Å². The zero-order chi connectivity index (χ0) is 11.4. The van der Waals surface area contributed by atoms with Gasteiger partial charge in [0.05, 0.1) is 17.8 Å². The van der Waals surface area contributed by atoms with Gasteiger partial charge in [-0.1, -0.05) is 18.6 Å². The average Bonchev–Trinajstić information content (AvgIpc) is 2.60. The van der Waals surface area contributed by atoms with Crippen LogP contribution in [0.5, 0.6) is 0 Å². The highest BCUT2D eigenvalue weighted by Crippen LogP contribution is 2.15. The molecule has 1 rings (SSSR count). The third-order valence-corrected chi connectivity index (χ3v) is 2.50. The number of aliphatic hydroxyl groups excluding tert-OH is 1. The molecule has 1 aromatic heterocycles. The van der Waals surface area contributed by atoms with Crippen molar-refractivity contribution in [1.82, 2.24) is 15.0 Å². The average molecular weight is 211 g/mol. The van der Waals surface area contributed by atoms with Gasteiger partial charge in [-0.25, -0.2) is 4.68 Å². The van der Waals surface area contributed by atoms with Crippen molar-refractivity contribution in [2.24, 2.45) is 0 Å². The molecule has 1 heterocycles. The Hall–Kier alpha value is -1.23. The summed E-state index contributed by atoms with van der Waals surface area (Å²) in [5, 5.41) is 17.2. The van der Waals surface area contributed by atoms with Crippen LogP contribution >= 0.6 is 0 Å². The molecule has 0 aromatic carbocycles. The maximum absolute atomic E-state index is 10.7. The summed E-state index contributed by atoms with van der Waals surface area (Å²) in [6.07, 6.45) is 1.86. The number of nitrogens with zero attached hydrogens (tertiary/aromatic N) is 3. The summed E-state index contributed by atoms with van der Waals surface area (Å²) in [6.45, 7) is 5.58. The SMILES string of the molecule is CCCc1c(C=O)nnn1C(C)C(C)O. The van der Waals surface area contributed by atoms with Crippen LogP contribution in [-0.2, 0) is 6.42 Å². The fourth-order valence-electron chi connectivity index (χ4n) is 1.43. The minimum absolute atomic E-state index is 0.159. The number of carbonyl (C=O) groups is 1. The molecular weight excluding hydrogens is 194 g/mol. The van der Waals surface area contributed by atoms with E-state index in [1.807, 2.05) is 13.8 Å². The van der Waals surface area contributed by atoms with Crippen LogP contribution in [0.2, 0.25) is 0 Å². The first-order valence-electron chi connectivity index (χ1n) is 5.19. The van der Waals surface area contributed by atoms with Gasteiger partial charge >= 0.3 is 0 Å². The van der Waals surface area contributed by atoms with E-state index in [9.17, 15) is 9.90 Å². The van der Waals surface area contributed by atoms with Gasteiger partial charge in [-0.3, -0.25) is 4.79 Å². The Morgan fingerprint density at radius 2 is 2.20 bits per heavy atom. The van der Waals surface area contributed by atoms with Crippen LogP contribution in [0.3, 0.4) is 0 Å². The predicted octanol–water partition coefficient (Wildman–Crippen LogP) is 0.985. The standard InChI is InChI=1S/C10H17N3O2/c1-4-5-10-9(6-14)11-12-13(10)7(2)8(3)15/h6-8,15H,4-5H2,1-3H3. The summed E-state index contributed by atoms with van der Waals surface area (Å²) in [5.41, 5.74) is 1.19. The van der Waals surface area contributed by atoms with E-state index >= 15 is 0 Å². The van der Waals surface area contributed by atoms with E-state index in [-0.39, 0.29) is 6.04 Å². The van der Waals surface area contributed by atoms with Crippen LogP contribution in [0, 0.1) is 0 Å². The molecule has 0 spiro atoms. The molecule has 0 amide bonds. The molecule has 0 aliphatic rings. The molecule has 0 saturated heterocycles. The van der Waals surface area contributed by atoms with Crippen LogP contribution in [0.25, 0.3) is 0 Å². The van der Waals surface area contributed by atoms with E-state index in [1.165, 1.54) is 0 Å². The summed E-state index contributed by atoms with van der Waals surface area (Å²) < 4.78 is 1.64. The molecule has 5 heteroatoms. The maximum atomic E-state index is 10.7. The molecule has 0 radical (unpaired) electrons. The Bertz CT molecular complexity index is 333. The number of aliphatic hydroxyl groups is 1. The van der Waals surface area contributed by atoms with Crippen molar-refractivity contribution in [2.75, 3.05) is 0 Å². The van der Waals surface area contributed by atoms with Crippen LogP contribution < -0.4 is 0 Å². The second kappa shape index (κ2) is 5.02. The highest BCUT2D eigenvalue weighted by Gasteiger charge is 2.19. The van der Waals surface area contributed by atoms with E-state index in [2.05, 4.69) is 10.3 Å². The normalized spacial score (nSPS) is 14.9. The maximum Gasteiger partial charge on any atom is 0.172 e. The minimum atomic E-state index is -0.512. The molecular formula is C10H17N3O2. The van der Waals surface area contributed by atoms with Crippen molar-refractivity contribution < 1.29 is 9.90 Å². The summed E-state index contributed by atoms with van der Waals surface area (Å²) in [5.74, 6) is 0. The molecule has 84 valence electrons. The number of aldehydes is 1. The van der Waals surface area contributed by atoms with E-state index < -0.39 is 6.10 Å². The highest BCUT2D eigenvalue weighted by atomic mass is 16.3. The predicted molar refractivity (Wildman–Crippen MR) is 55.8 cm³/mol. The molecule has 0 saturated carbocycles. The Kier molecular flexibility index (Phi) is 3.96. The lowest BCUT2D eigenvalue weighted by molar-refractivity contribution is 0.111. The first kappa shape index (κ1) is 11.8. The Labute approximate surface area is 89.1 Å². The van der Waals surface area contributed by atoms with Gasteiger partial charge in [0.15, 0.2) is 6.29 Å². The van der Waals surface area contributed by atoms with Crippen molar-refractivity contribution >= 4 is 6.29 Å². The van der Waals surface area contributed by atoms with Gasteiger partial charge < -0.3 is 5.11 Å². The first-order valence-corrected chi connectivity index (χ1v) is 5.19. The summed E-state index contributed by atoms with van der Waals surface area (Å²) in [6, 6.07) is -0.159. The molecule has 0 fully saturated rings. The van der Waals surface area contributed by atoms with Crippen molar-refractivity contribution in [3.63, 3.8) is 0 Å². The second-order valence-electron chi connectivity index (χ2n) is 3.72. The third-order valence-electron chi connectivity index (χ3n) is 2.50. The number of hydrogen-bond donors (Lipinski definition) is 1. The highest BCUT2D eigenvalue weighted by molar-refractivity contribution is 5.73. The van der Waals surface area contributed by atoms with Gasteiger partial charge in [0, 0.05) is 0 Å². The topological polar surface area (TPSA) is 68.0 Å². The third kappa shape index (κ3) is 2.41. The fraction of sp³-hybridized carbons (Fsp3) is 0.700. The Morgan fingerprint density at radius 3 is 2.67 bits per heavy atom. The van der Waals surface area contributed by atoms with Gasteiger partial charge in [0.25, 0.3) is 0 Å². The summed E-state index contributed by atoms with van der Waals surface area (Å²) in [7, 11) is 0. The van der Waals surface area contributed by atoms with Gasteiger partial charge in [-0.05, 0) is 20.3 Å². The van der Waals surface area contributed by atoms with Crippen molar-refractivity contribution in [2.45, 2.75) is 45.8 Å². The van der Waals surface area contributed by atoms with Crippen molar-refractivity contribution in [3.8, 4) is 0 Å². The summed E-state index contributed by atoms with van der Waals surface area (Å²) >= 11 is 0. The quantitative estimate of drug-likeness (QED) is 0.737. The molecule has 15 heavy (non-hydrogen) atoms. The van der Waals surface area contributed by atoms with E-state index in [4.69, 9.17) is 0 Å². The molecule has 0 aliphatic heterocycles. The molecule has 0 bridgehead atoms. The number of carbonyl (C=O) groups excluding carboxylic acids is 1. The summed E-state index contributed by atoms with van der Waals surface area (Å²) in [4.78, 5) is 10.7. The number of rotatable bonds is 5. The molecule has 2 atom stereocenters. The lowest BCUT2D eigenvalue weighted by Crippen LogP contribution is -2.21.